The molecule has 1 aliphatic rings. The molecule has 0 unspecified atom stereocenters. The van der Waals surface area contributed by atoms with Crippen molar-refractivity contribution in [3.05, 3.63) is 29.8 Å². The maximum absolute atomic E-state index is 12.4. The summed E-state index contributed by atoms with van der Waals surface area (Å²) < 4.78 is 47.4. The van der Waals surface area contributed by atoms with Crippen LogP contribution in [0.15, 0.2) is 29.3 Å². The molecule has 2 rings (SSSR count). The van der Waals surface area contributed by atoms with Crippen molar-refractivity contribution in [2.45, 2.75) is 19.6 Å². The Balaban J connectivity index is 1.89. The van der Waals surface area contributed by atoms with Gasteiger partial charge in [0, 0.05) is 38.3 Å². The predicted molar refractivity (Wildman–Crippen MR) is 98.1 cm³/mol. The summed E-state index contributed by atoms with van der Waals surface area (Å²) in [4.78, 5) is 6.77. The lowest BCUT2D eigenvalue weighted by atomic mass is 10.2. The van der Waals surface area contributed by atoms with Gasteiger partial charge in [0.25, 0.3) is 0 Å². The zero-order chi connectivity index (χ0) is 19.5. The lowest BCUT2D eigenvalue weighted by Gasteiger charge is -2.26. The summed E-state index contributed by atoms with van der Waals surface area (Å²) in [6, 6.07) is 6.64. The highest BCUT2D eigenvalue weighted by molar-refractivity contribution is 5.79. The van der Waals surface area contributed by atoms with Gasteiger partial charge in [-0.1, -0.05) is 18.2 Å². The average Bonchev–Trinajstić information content (AvgIpc) is 2.65. The van der Waals surface area contributed by atoms with Gasteiger partial charge in [-0.05, 0) is 13.0 Å². The fourth-order valence-electron chi connectivity index (χ4n) is 2.60. The van der Waals surface area contributed by atoms with E-state index in [4.69, 9.17) is 9.47 Å². The first-order valence-electron chi connectivity index (χ1n) is 9.07. The molecule has 27 heavy (non-hydrogen) atoms. The SMILES string of the molecule is CCNC(=NCc1ccccc1OCC(F)(F)F)NCCN1CCOCC1. The lowest BCUT2D eigenvalue weighted by molar-refractivity contribution is -0.153. The molecule has 0 aliphatic carbocycles. The number of nitrogens with one attached hydrogen (secondary N) is 2. The molecule has 2 N–H and O–H groups in total. The Morgan fingerprint density at radius 3 is 2.67 bits per heavy atom. The van der Waals surface area contributed by atoms with Crippen molar-refractivity contribution < 1.29 is 22.6 Å². The van der Waals surface area contributed by atoms with E-state index in [0.717, 1.165) is 39.4 Å². The molecule has 0 saturated carbocycles. The van der Waals surface area contributed by atoms with Crippen molar-refractivity contribution in [1.82, 2.24) is 15.5 Å². The van der Waals surface area contributed by atoms with Crippen LogP contribution in [0.25, 0.3) is 0 Å². The number of rotatable bonds is 8. The number of benzene rings is 1. The zero-order valence-corrected chi connectivity index (χ0v) is 15.5. The van der Waals surface area contributed by atoms with Crippen molar-refractivity contribution in [3.63, 3.8) is 0 Å². The van der Waals surface area contributed by atoms with E-state index in [2.05, 4.69) is 20.5 Å². The van der Waals surface area contributed by atoms with Crippen molar-refractivity contribution in [3.8, 4) is 5.75 Å². The number of aliphatic imine (C=N–C) groups is 1. The third-order valence-electron chi connectivity index (χ3n) is 3.94. The standard InChI is InChI=1S/C18H27F3N4O2/c1-2-22-17(23-7-8-25-9-11-26-12-10-25)24-13-15-5-3-4-6-16(15)27-14-18(19,20)21/h3-6H,2,7-14H2,1H3,(H2,22,23,24). The van der Waals surface area contributed by atoms with Crippen molar-refractivity contribution in [1.29, 1.82) is 0 Å². The van der Waals surface area contributed by atoms with Gasteiger partial charge in [-0.3, -0.25) is 4.90 Å². The molecule has 1 aromatic rings. The normalized spacial score (nSPS) is 16.2. The number of guanidine groups is 1. The number of para-hydroxylation sites is 1. The quantitative estimate of drug-likeness (QED) is 0.527. The Bertz CT molecular complexity index is 590. The van der Waals surface area contributed by atoms with Crippen LogP contribution in [0.5, 0.6) is 5.75 Å². The molecule has 1 fully saturated rings. The second-order valence-corrected chi connectivity index (χ2v) is 6.09. The molecule has 0 atom stereocenters. The van der Waals surface area contributed by atoms with Gasteiger partial charge < -0.3 is 20.1 Å². The third kappa shape index (κ3) is 8.49. The monoisotopic (exact) mass is 388 g/mol. The average molecular weight is 388 g/mol. The maximum Gasteiger partial charge on any atom is 0.422 e. The summed E-state index contributed by atoms with van der Waals surface area (Å²) in [6.45, 7) is 6.49. The van der Waals surface area contributed by atoms with Crippen LogP contribution < -0.4 is 15.4 Å². The maximum atomic E-state index is 12.4. The van der Waals surface area contributed by atoms with E-state index >= 15 is 0 Å². The molecule has 0 aromatic heterocycles. The fraction of sp³-hybridized carbons (Fsp3) is 0.611. The van der Waals surface area contributed by atoms with E-state index < -0.39 is 12.8 Å². The van der Waals surface area contributed by atoms with Crippen molar-refractivity contribution in [2.75, 3.05) is 52.5 Å². The van der Waals surface area contributed by atoms with Gasteiger partial charge in [0.15, 0.2) is 12.6 Å². The van der Waals surface area contributed by atoms with Gasteiger partial charge in [-0.2, -0.15) is 13.2 Å². The molecule has 1 saturated heterocycles. The number of halogens is 3. The van der Waals surface area contributed by atoms with Gasteiger partial charge in [-0.25, -0.2) is 4.99 Å². The minimum absolute atomic E-state index is 0.197. The van der Waals surface area contributed by atoms with Crippen LogP contribution in [0.2, 0.25) is 0 Å². The molecule has 0 bridgehead atoms. The highest BCUT2D eigenvalue weighted by atomic mass is 19.4. The molecule has 1 aromatic carbocycles. The number of nitrogens with zero attached hydrogens (tertiary/aromatic N) is 2. The first-order chi connectivity index (χ1) is 13.0. The number of ether oxygens (including phenoxy) is 2. The Morgan fingerprint density at radius 1 is 1.22 bits per heavy atom. The Labute approximate surface area is 157 Å². The van der Waals surface area contributed by atoms with E-state index in [9.17, 15) is 13.2 Å². The van der Waals surface area contributed by atoms with Crippen LogP contribution in [0, 0.1) is 0 Å². The van der Waals surface area contributed by atoms with Gasteiger partial charge in [-0.15, -0.1) is 0 Å². The van der Waals surface area contributed by atoms with Crippen LogP contribution in [0.4, 0.5) is 13.2 Å². The highest BCUT2D eigenvalue weighted by Gasteiger charge is 2.28. The summed E-state index contributed by atoms with van der Waals surface area (Å²) in [5.41, 5.74) is 0.604. The third-order valence-corrected chi connectivity index (χ3v) is 3.94. The predicted octanol–water partition coefficient (Wildman–Crippen LogP) is 2.02. The minimum Gasteiger partial charge on any atom is -0.484 e. The fourth-order valence-corrected chi connectivity index (χ4v) is 2.60. The Kier molecular flexibility index (Phi) is 8.66. The minimum atomic E-state index is -4.37. The summed E-state index contributed by atoms with van der Waals surface area (Å²) in [5.74, 6) is 0.819. The van der Waals surface area contributed by atoms with Gasteiger partial charge in [0.1, 0.15) is 5.75 Å². The van der Waals surface area contributed by atoms with Gasteiger partial charge in [0.2, 0.25) is 0 Å². The molecule has 1 aliphatic heterocycles. The molecular formula is C18H27F3N4O2. The molecule has 1 heterocycles. The molecule has 6 nitrogen and oxygen atoms in total. The number of hydrogen-bond acceptors (Lipinski definition) is 4. The van der Waals surface area contributed by atoms with Crippen LogP contribution in [-0.2, 0) is 11.3 Å². The largest absolute Gasteiger partial charge is 0.484 e. The molecule has 9 heteroatoms. The first kappa shape index (κ1) is 21.3. The van der Waals surface area contributed by atoms with Crippen LogP contribution >= 0.6 is 0 Å². The van der Waals surface area contributed by atoms with Gasteiger partial charge in [0.05, 0.1) is 19.8 Å². The summed E-state index contributed by atoms with van der Waals surface area (Å²) >= 11 is 0. The van der Waals surface area contributed by atoms with E-state index in [1.165, 1.54) is 6.07 Å². The first-order valence-corrected chi connectivity index (χ1v) is 9.07. The van der Waals surface area contributed by atoms with Crippen LogP contribution in [0.3, 0.4) is 0 Å². The molecule has 0 spiro atoms. The van der Waals surface area contributed by atoms with E-state index in [1.54, 1.807) is 18.2 Å². The molecule has 152 valence electrons. The Hall–Kier alpha value is -2.00. The van der Waals surface area contributed by atoms with Gasteiger partial charge >= 0.3 is 6.18 Å². The van der Waals surface area contributed by atoms with Crippen LogP contribution in [-0.4, -0.2) is 69.6 Å². The smallest absolute Gasteiger partial charge is 0.422 e. The van der Waals surface area contributed by atoms with E-state index in [0.29, 0.717) is 18.1 Å². The summed E-state index contributed by atoms with van der Waals surface area (Å²) in [5, 5.41) is 6.39. The lowest BCUT2D eigenvalue weighted by Crippen LogP contribution is -2.44. The number of morpholine rings is 1. The number of hydrogen-bond donors (Lipinski definition) is 2. The topological polar surface area (TPSA) is 58.1 Å². The van der Waals surface area contributed by atoms with Crippen LogP contribution in [0.1, 0.15) is 12.5 Å². The molecular weight excluding hydrogens is 361 g/mol. The van der Waals surface area contributed by atoms with Crippen molar-refractivity contribution >= 4 is 5.96 Å². The second kappa shape index (κ2) is 11.0. The number of alkyl halides is 3. The molecule has 0 radical (unpaired) electrons. The zero-order valence-electron chi connectivity index (χ0n) is 15.5. The van der Waals surface area contributed by atoms with Crippen molar-refractivity contribution in [2.24, 2.45) is 4.99 Å². The summed E-state index contributed by atoms with van der Waals surface area (Å²) in [6.07, 6.45) is -4.37. The summed E-state index contributed by atoms with van der Waals surface area (Å²) in [7, 11) is 0. The highest BCUT2D eigenvalue weighted by Crippen LogP contribution is 2.22. The van der Waals surface area contributed by atoms with E-state index in [-0.39, 0.29) is 12.3 Å². The Morgan fingerprint density at radius 2 is 1.96 bits per heavy atom. The van der Waals surface area contributed by atoms with E-state index in [1.807, 2.05) is 6.92 Å². The molecule has 0 amide bonds. The second-order valence-electron chi connectivity index (χ2n) is 6.09.